The number of nitro groups is 1. The fourth-order valence-electron chi connectivity index (χ4n) is 2.24. The molecule has 1 N–H and O–H groups in total. The molecule has 7 nitrogen and oxygen atoms in total. The van der Waals surface area contributed by atoms with Gasteiger partial charge in [-0.05, 0) is 44.2 Å². The van der Waals surface area contributed by atoms with Crippen molar-refractivity contribution in [3.63, 3.8) is 0 Å². The zero-order chi connectivity index (χ0) is 20.9. The Morgan fingerprint density at radius 1 is 1.18 bits per heavy atom. The summed E-state index contributed by atoms with van der Waals surface area (Å²) in [6.45, 7) is 3.58. The molecule has 0 aliphatic heterocycles. The largest absolute Gasteiger partial charge is 0.493 e. The Morgan fingerprint density at radius 3 is 2.32 bits per heavy atom. The molecule has 150 valence electrons. The van der Waals surface area contributed by atoms with E-state index in [4.69, 9.17) is 9.47 Å². The maximum Gasteiger partial charge on any atom is 0.416 e. The van der Waals surface area contributed by atoms with E-state index in [9.17, 15) is 23.3 Å². The number of benzene rings is 2. The molecule has 0 aliphatic rings. The molecule has 28 heavy (non-hydrogen) atoms. The van der Waals surface area contributed by atoms with Gasteiger partial charge in [0.1, 0.15) is 0 Å². The van der Waals surface area contributed by atoms with E-state index in [1.54, 1.807) is 13.8 Å². The van der Waals surface area contributed by atoms with Crippen molar-refractivity contribution in [3.8, 4) is 11.5 Å². The predicted molar refractivity (Wildman–Crippen MR) is 98.1 cm³/mol. The summed E-state index contributed by atoms with van der Waals surface area (Å²) in [6, 6.07) is 6.85. The van der Waals surface area contributed by atoms with Gasteiger partial charge in [-0.25, -0.2) is 0 Å². The number of alkyl halides is 3. The number of hydrogen-bond donors (Lipinski definition) is 1. The molecule has 0 spiro atoms. The van der Waals surface area contributed by atoms with Crippen molar-refractivity contribution in [1.82, 2.24) is 0 Å². The summed E-state index contributed by atoms with van der Waals surface area (Å²) in [6.07, 6.45) is -3.44. The molecule has 0 bridgehead atoms. The van der Waals surface area contributed by atoms with Gasteiger partial charge in [-0.2, -0.15) is 18.3 Å². The van der Waals surface area contributed by atoms with Crippen molar-refractivity contribution < 1.29 is 27.6 Å². The van der Waals surface area contributed by atoms with Gasteiger partial charge in [0.2, 0.25) is 0 Å². The standard InChI is InChI=1S/C18H18F3N3O4/c1-11(2)28-17-8-12(15(24(25)26)9-16(17)27-3)10-22-23-14-6-4-13(5-7-14)18(19,20)21/h4-11,23H,1-3H3. The Hall–Kier alpha value is -3.30. The van der Waals surface area contributed by atoms with Crippen LogP contribution in [0.15, 0.2) is 41.5 Å². The van der Waals surface area contributed by atoms with Crippen molar-refractivity contribution in [1.29, 1.82) is 0 Å². The lowest BCUT2D eigenvalue weighted by molar-refractivity contribution is -0.385. The number of hydrazone groups is 1. The topological polar surface area (TPSA) is 86.0 Å². The summed E-state index contributed by atoms with van der Waals surface area (Å²) in [5, 5.41) is 15.2. The molecule has 0 unspecified atom stereocenters. The molecule has 10 heteroatoms. The second-order valence-corrected chi connectivity index (χ2v) is 5.93. The van der Waals surface area contributed by atoms with Crippen molar-refractivity contribution >= 4 is 17.6 Å². The molecule has 2 rings (SSSR count). The average Bonchev–Trinajstić information content (AvgIpc) is 2.61. The maximum atomic E-state index is 12.6. The normalized spacial score (nSPS) is 11.7. The van der Waals surface area contributed by atoms with Gasteiger partial charge in [0.05, 0.1) is 47.2 Å². The molecule has 0 radical (unpaired) electrons. The smallest absolute Gasteiger partial charge is 0.416 e. The quantitative estimate of drug-likeness (QED) is 0.410. The minimum Gasteiger partial charge on any atom is -0.493 e. The first-order chi connectivity index (χ1) is 13.1. The fraction of sp³-hybridized carbons (Fsp3) is 0.278. The first-order valence-electron chi connectivity index (χ1n) is 8.11. The molecule has 0 saturated carbocycles. The molecular weight excluding hydrogens is 379 g/mol. The minimum atomic E-state index is -4.43. The lowest BCUT2D eigenvalue weighted by Crippen LogP contribution is -2.08. The lowest BCUT2D eigenvalue weighted by Gasteiger charge is -2.14. The number of methoxy groups -OCH3 is 1. The molecule has 0 fully saturated rings. The highest BCUT2D eigenvalue weighted by Crippen LogP contribution is 2.34. The van der Waals surface area contributed by atoms with Gasteiger partial charge in [0.15, 0.2) is 11.5 Å². The van der Waals surface area contributed by atoms with E-state index in [1.807, 2.05) is 0 Å². The van der Waals surface area contributed by atoms with E-state index in [2.05, 4.69) is 10.5 Å². The molecule has 0 amide bonds. The van der Waals surface area contributed by atoms with E-state index in [0.717, 1.165) is 12.1 Å². The summed E-state index contributed by atoms with van der Waals surface area (Å²) in [5.74, 6) is 0.507. The summed E-state index contributed by atoms with van der Waals surface area (Å²) >= 11 is 0. The summed E-state index contributed by atoms with van der Waals surface area (Å²) in [5.41, 5.74) is 1.92. The van der Waals surface area contributed by atoms with Crippen LogP contribution in [0.25, 0.3) is 0 Å². The first kappa shape index (κ1) is 21.0. The van der Waals surface area contributed by atoms with Gasteiger partial charge in [0, 0.05) is 0 Å². The van der Waals surface area contributed by atoms with Crippen molar-refractivity contribution in [2.45, 2.75) is 26.1 Å². The van der Waals surface area contributed by atoms with Crippen LogP contribution in [0.1, 0.15) is 25.0 Å². The van der Waals surface area contributed by atoms with Crippen LogP contribution < -0.4 is 14.9 Å². The number of anilines is 1. The number of nitrogens with zero attached hydrogens (tertiary/aromatic N) is 2. The zero-order valence-corrected chi connectivity index (χ0v) is 15.3. The van der Waals surface area contributed by atoms with E-state index < -0.39 is 16.7 Å². The minimum absolute atomic E-state index is 0.140. The second kappa shape index (κ2) is 8.59. The van der Waals surface area contributed by atoms with Gasteiger partial charge < -0.3 is 9.47 Å². The van der Waals surface area contributed by atoms with Gasteiger partial charge in [0.25, 0.3) is 5.69 Å². The van der Waals surface area contributed by atoms with Gasteiger partial charge in [-0.3, -0.25) is 15.5 Å². The average molecular weight is 397 g/mol. The molecular formula is C18H18F3N3O4. The van der Waals surface area contributed by atoms with Crippen LogP contribution in [0.4, 0.5) is 24.5 Å². The van der Waals surface area contributed by atoms with Crippen LogP contribution >= 0.6 is 0 Å². The molecule has 0 heterocycles. The third kappa shape index (κ3) is 5.35. The van der Waals surface area contributed by atoms with Crippen molar-refractivity contribution in [3.05, 3.63) is 57.6 Å². The Morgan fingerprint density at radius 2 is 1.82 bits per heavy atom. The molecule has 2 aromatic carbocycles. The second-order valence-electron chi connectivity index (χ2n) is 5.93. The van der Waals surface area contributed by atoms with E-state index in [-0.39, 0.29) is 23.1 Å². The molecule has 0 atom stereocenters. The van der Waals surface area contributed by atoms with Crippen LogP contribution in [-0.2, 0) is 6.18 Å². The van der Waals surface area contributed by atoms with Crippen molar-refractivity contribution in [2.24, 2.45) is 5.10 Å². The van der Waals surface area contributed by atoms with Crippen LogP contribution in [0.3, 0.4) is 0 Å². The highest BCUT2D eigenvalue weighted by Gasteiger charge is 2.29. The fourth-order valence-corrected chi connectivity index (χ4v) is 2.24. The van der Waals surface area contributed by atoms with Crippen LogP contribution in [0.2, 0.25) is 0 Å². The van der Waals surface area contributed by atoms with E-state index in [0.29, 0.717) is 11.4 Å². The Kier molecular flexibility index (Phi) is 6.45. The molecule has 0 aliphatic carbocycles. The zero-order valence-electron chi connectivity index (χ0n) is 15.3. The first-order valence-corrected chi connectivity index (χ1v) is 8.11. The highest BCUT2D eigenvalue weighted by molar-refractivity contribution is 5.87. The summed E-state index contributed by atoms with van der Waals surface area (Å²) in [4.78, 5) is 10.7. The monoisotopic (exact) mass is 397 g/mol. The van der Waals surface area contributed by atoms with Crippen LogP contribution in [-0.4, -0.2) is 24.4 Å². The molecule has 2 aromatic rings. The van der Waals surface area contributed by atoms with Crippen LogP contribution in [0.5, 0.6) is 11.5 Å². The number of ether oxygens (including phenoxy) is 2. The highest BCUT2D eigenvalue weighted by atomic mass is 19.4. The lowest BCUT2D eigenvalue weighted by atomic mass is 10.1. The van der Waals surface area contributed by atoms with Crippen molar-refractivity contribution in [2.75, 3.05) is 12.5 Å². The summed E-state index contributed by atoms with van der Waals surface area (Å²) in [7, 11) is 1.37. The number of rotatable bonds is 7. The molecule has 0 aromatic heterocycles. The Bertz CT molecular complexity index is 866. The third-order valence-corrected chi connectivity index (χ3v) is 3.48. The number of nitro benzene ring substituents is 1. The number of hydrogen-bond acceptors (Lipinski definition) is 6. The number of nitrogens with one attached hydrogen (secondary N) is 1. The summed E-state index contributed by atoms with van der Waals surface area (Å²) < 4.78 is 48.4. The Balaban J connectivity index is 2.27. The predicted octanol–water partition coefficient (Wildman–Crippen LogP) is 4.86. The maximum absolute atomic E-state index is 12.6. The number of halogens is 3. The Labute approximate surface area is 158 Å². The van der Waals surface area contributed by atoms with Gasteiger partial charge in [-0.15, -0.1) is 0 Å². The van der Waals surface area contributed by atoms with Gasteiger partial charge in [-0.1, -0.05) is 0 Å². The van der Waals surface area contributed by atoms with Crippen LogP contribution in [0, 0.1) is 10.1 Å². The third-order valence-electron chi connectivity index (χ3n) is 3.48. The SMILES string of the molecule is COc1cc([N+](=O)[O-])c(C=NNc2ccc(C(F)(F)F)cc2)cc1OC(C)C. The van der Waals surface area contributed by atoms with E-state index in [1.165, 1.54) is 37.6 Å². The van der Waals surface area contributed by atoms with Gasteiger partial charge >= 0.3 is 6.18 Å². The molecule has 0 saturated heterocycles. The van der Waals surface area contributed by atoms with E-state index >= 15 is 0 Å².